The molecule has 4 aromatic heterocycles. The SMILES string of the molecule is Cc1cccc(-c2nc(CN(C)C3CCCCC3)[nH]c2-c2ccc3ncnn3c2)n1. The van der Waals surface area contributed by atoms with E-state index in [0.29, 0.717) is 6.04 Å². The molecule has 1 aliphatic rings. The van der Waals surface area contributed by atoms with Crippen molar-refractivity contribution >= 4 is 5.65 Å². The van der Waals surface area contributed by atoms with Gasteiger partial charge in [-0.1, -0.05) is 25.3 Å². The molecule has 0 aliphatic heterocycles. The maximum Gasteiger partial charge on any atom is 0.155 e. The summed E-state index contributed by atoms with van der Waals surface area (Å²) < 4.78 is 1.79. The molecule has 4 heterocycles. The van der Waals surface area contributed by atoms with Crippen LogP contribution in [0.1, 0.15) is 43.6 Å². The van der Waals surface area contributed by atoms with Crippen LogP contribution < -0.4 is 0 Å². The fourth-order valence-corrected chi connectivity index (χ4v) is 4.42. The Morgan fingerprint density at radius 1 is 1.10 bits per heavy atom. The molecule has 1 N–H and O–H groups in total. The lowest BCUT2D eigenvalue weighted by Crippen LogP contribution is -2.33. The second-order valence-electron chi connectivity index (χ2n) is 8.26. The monoisotopic (exact) mass is 401 g/mol. The zero-order valence-corrected chi connectivity index (χ0v) is 17.5. The fraction of sp³-hybridized carbons (Fsp3) is 0.391. The molecule has 5 rings (SSSR count). The molecule has 0 unspecified atom stereocenters. The lowest BCUT2D eigenvalue weighted by Gasteiger charge is -2.30. The van der Waals surface area contributed by atoms with Crippen LogP contribution in [0.5, 0.6) is 0 Å². The first-order valence-electron chi connectivity index (χ1n) is 10.7. The lowest BCUT2D eigenvalue weighted by molar-refractivity contribution is 0.181. The van der Waals surface area contributed by atoms with Crippen molar-refractivity contribution in [2.24, 2.45) is 0 Å². The molecule has 1 saturated carbocycles. The van der Waals surface area contributed by atoms with Crippen molar-refractivity contribution in [2.75, 3.05) is 7.05 Å². The number of aromatic nitrogens is 6. The molecule has 154 valence electrons. The van der Waals surface area contributed by atoms with Gasteiger partial charge in [-0.25, -0.2) is 14.5 Å². The van der Waals surface area contributed by atoms with Crippen LogP contribution in [-0.2, 0) is 6.54 Å². The van der Waals surface area contributed by atoms with E-state index in [9.17, 15) is 0 Å². The minimum Gasteiger partial charge on any atom is -0.340 e. The van der Waals surface area contributed by atoms with Gasteiger partial charge in [0.25, 0.3) is 0 Å². The number of rotatable bonds is 5. The van der Waals surface area contributed by atoms with E-state index in [1.54, 1.807) is 10.8 Å². The normalized spacial score (nSPS) is 15.3. The maximum absolute atomic E-state index is 5.00. The lowest BCUT2D eigenvalue weighted by atomic mass is 9.94. The van der Waals surface area contributed by atoms with Gasteiger partial charge in [-0.05, 0) is 51.1 Å². The molecule has 1 aliphatic carbocycles. The summed E-state index contributed by atoms with van der Waals surface area (Å²) in [6.07, 6.45) is 10.1. The van der Waals surface area contributed by atoms with Crippen LogP contribution in [0.15, 0.2) is 42.9 Å². The second kappa shape index (κ2) is 7.99. The number of hydrogen-bond donors (Lipinski definition) is 1. The molecule has 0 radical (unpaired) electrons. The smallest absolute Gasteiger partial charge is 0.155 e. The van der Waals surface area contributed by atoms with Crippen molar-refractivity contribution < 1.29 is 0 Å². The van der Waals surface area contributed by atoms with Crippen LogP contribution in [0.2, 0.25) is 0 Å². The summed E-state index contributed by atoms with van der Waals surface area (Å²) in [4.78, 5) is 20.0. The third-order valence-electron chi connectivity index (χ3n) is 6.04. The highest BCUT2D eigenvalue weighted by Gasteiger charge is 2.21. The van der Waals surface area contributed by atoms with Crippen molar-refractivity contribution in [3.8, 4) is 22.6 Å². The molecule has 4 aromatic rings. The average molecular weight is 402 g/mol. The van der Waals surface area contributed by atoms with E-state index in [-0.39, 0.29) is 0 Å². The summed E-state index contributed by atoms with van der Waals surface area (Å²) in [6, 6.07) is 10.7. The number of aromatic amines is 1. The molecule has 0 saturated heterocycles. The first-order chi connectivity index (χ1) is 14.7. The molecule has 7 heteroatoms. The summed E-state index contributed by atoms with van der Waals surface area (Å²) in [7, 11) is 2.21. The molecular formula is C23H27N7. The highest BCUT2D eigenvalue weighted by atomic mass is 15.3. The van der Waals surface area contributed by atoms with Crippen molar-refractivity contribution in [1.82, 2.24) is 34.4 Å². The van der Waals surface area contributed by atoms with Crippen LogP contribution in [0.3, 0.4) is 0 Å². The van der Waals surface area contributed by atoms with Crippen molar-refractivity contribution in [3.63, 3.8) is 0 Å². The summed E-state index contributed by atoms with van der Waals surface area (Å²) in [5.74, 6) is 0.968. The topological polar surface area (TPSA) is 75.0 Å². The highest BCUT2D eigenvalue weighted by molar-refractivity contribution is 5.77. The number of nitrogens with zero attached hydrogens (tertiary/aromatic N) is 6. The fourth-order valence-electron chi connectivity index (χ4n) is 4.42. The number of H-pyrrole nitrogens is 1. The Hall–Kier alpha value is -3.06. The minimum atomic E-state index is 0.638. The van der Waals surface area contributed by atoms with Gasteiger partial charge in [-0.3, -0.25) is 9.88 Å². The van der Waals surface area contributed by atoms with Crippen LogP contribution in [-0.4, -0.2) is 47.5 Å². The summed E-state index contributed by atoms with van der Waals surface area (Å²) in [5.41, 5.74) is 5.56. The molecule has 0 spiro atoms. The number of hydrogen-bond acceptors (Lipinski definition) is 5. The number of aryl methyl sites for hydroxylation is 1. The van der Waals surface area contributed by atoms with E-state index >= 15 is 0 Å². The molecule has 0 amide bonds. The highest BCUT2D eigenvalue weighted by Crippen LogP contribution is 2.30. The first-order valence-corrected chi connectivity index (χ1v) is 10.7. The van der Waals surface area contributed by atoms with Gasteiger partial charge in [0, 0.05) is 23.5 Å². The van der Waals surface area contributed by atoms with Gasteiger partial charge in [0.1, 0.15) is 17.8 Å². The third-order valence-corrected chi connectivity index (χ3v) is 6.04. The Labute approximate surface area is 176 Å². The zero-order valence-electron chi connectivity index (χ0n) is 17.5. The van der Waals surface area contributed by atoms with Crippen LogP contribution in [0.25, 0.3) is 28.3 Å². The maximum atomic E-state index is 5.00. The minimum absolute atomic E-state index is 0.638. The Morgan fingerprint density at radius 2 is 1.97 bits per heavy atom. The Balaban J connectivity index is 1.53. The summed E-state index contributed by atoms with van der Waals surface area (Å²) >= 11 is 0. The van der Waals surface area contributed by atoms with E-state index in [2.05, 4.69) is 33.1 Å². The summed E-state index contributed by atoms with van der Waals surface area (Å²) in [6.45, 7) is 2.81. The van der Waals surface area contributed by atoms with Crippen LogP contribution in [0, 0.1) is 6.92 Å². The number of pyridine rings is 2. The third kappa shape index (κ3) is 3.73. The van der Waals surface area contributed by atoms with Crippen molar-refractivity contribution in [2.45, 2.75) is 51.6 Å². The molecular weight excluding hydrogens is 374 g/mol. The van der Waals surface area contributed by atoms with Crippen molar-refractivity contribution in [1.29, 1.82) is 0 Å². The molecule has 0 atom stereocenters. The van der Waals surface area contributed by atoms with Gasteiger partial charge in [-0.2, -0.15) is 5.10 Å². The Morgan fingerprint density at radius 3 is 2.80 bits per heavy atom. The predicted molar refractivity (Wildman–Crippen MR) is 117 cm³/mol. The molecule has 30 heavy (non-hydrogen) atoms. The number of nitrogens with one attached hydrogen (secondary N) is 1. The van der Waals surface area contributed by atoms with Gasteiger partial charge in [-0.15, -0.1) is 0 Å². The predicted octanol–water partition coefficient (Wildman–Crippen LogP) is 4.25. The standard InChI is InChI=1S/C23H27N7/c1-16-7-6-10-19(26-16)23-22(17-11-12-21-24-15-25-30(21)13-17)27-20(28-23)14-29(2)18-8-4-3-5-9-18/h6-7,10-13,15,18H,3-5,8-9,14H2,1-2H3,(H,27,28). The zero-order chi connectivity index (χ0) is 20.5. The van der Waals surface area contributed by atoms with Crippen molar-refractivity contribution in [3.05, 3.63) is 54.4 Å². The second-order valence-corrected chi connectivity index (χ2v) is 8.26. The van der Waals surface area contributed by atoms with E-state index < -0.39 is 0 Å². The molecule has 0 bridgehead atoms. The van der Waals surface area contributed by atoms with Gasteiger partial charge >= 0.3 is 0 Å². The largest absolute Gasteiger partial charge is 0.340 e. The van der Waals surface area contributed by atoms with E-state index in [4.69, 9.17) is 9.97 Å². The van der Waals surface area contributed by atoms with E-state index in [1.807, 2.05) is 37.4 Å². The summed E-state index contributed by atoms with van der Waals surface area (Å²) in [5, 5.41) is 4.29. The quantitative estimate of drug-likeness (QED) is 0.541. The number of imidazole rings is 1. The van der Waals surface area contributed by atoms with Crippen LogP contribution >= 0.6 is 0 Å². The van der Waals surface area contributed by atoms with E-state index in [0.717, 1.165) is 46.4 Å². The Kier molecular flexibility index (Phi) is 5.04. The molecule has 0 aromatic carbocycles. The van der Waals surface area contributed by atoms with Crippen LogP contribution in [0.4, 0.5) is 0 Å². The van der Waals surface area contributed by atoms with Gasteiger partial charge < -0.3 is 4.98 Å². The van der Waals surface area contributed by atoms with Gasteiger partial charge in [0.05, 0.1) is 17.9 Å². The Bertz CT molecular complexity index is 1150. The molecule has 1 fully saturated rings. The first kappa shape index (κ1) is 18.9. The van der Waals surface area contributed by atoms with Gasteiger partial charge in [0.2, 0.25) is 0 Å². The van der Waals surface area contributed by atoms with Gasteiger partial charge in [0.15, 0.2) is 5.65 Å². The van der Waals surface area contributed by atoms with E-state index in [1.165, 1.54) is 32.1 Å². The average Bonchev–Trinajstić information content (AvgIpc) is 3.40. The number of fused-ring (bicyclic) bond motifs is 1. The molecule has 7 nitrogen and oxygen atoms in total.